The maximum absolute atomic E-state index is 11.8. The molecule has 0 heterocycles. The number of hydrogen-bond donors (Lipinski definition) is 2. The van der Waals surface area contributed by atoms with Crippen LogP contribution in [0, 0.1) is 17.3 Å². The molecule has 4 nitrogen and oxygen atoms in total. The number of carbonyl (C=O) groups is 2. The van der Waals surface area contributed by atoms with Crippen LogP contribution in [0.15, 0.2) is 0 Å². The molecular formula is C12H21NO3S. The van der Waals surface area contributed by atoms with Crippen LogP contribution in [0.4, 0.5) is 0 Å². The number of carboxylic acid groups (broad SMARTS) is 1. The van der Waals surface area contributed by atoms with E-state index in [0.717, 1.165) is 18.6 Å². The summed E-state index contributed by atoms with van der Waals surface area (Å²) in [5.41, 5.74) is -0.394. The smallest absolute Gasteiger partial charge is 0.307 e. The van der Waals surface area contributed by atoms with Gasteiger partial charge in [-0.3, -0.25) is 9.59 Å². The topological polar surface area (TPSA) is 66.4 Å². The maximum Gasteiger partial charge on any atom is 0.307 e. The van der Waals surface area contributed by atoms with E-state index in [1.165, 1.54) is 0 Å². The SMILES string of the molecule is CSCCCCNC(=O)[C@H]1[C@@H](C(=O)O)C1(C)C. The van der Waals surface area contributed by atoms with Gasteiger partial charge in [0, 0.05) is 6.54 Å². The Bertz CT molecular complexity index is 304. The molecule has 0 bridgehead atoms. The van der Waals surface area contributed by atoms with Crippen LogP contribution >= 0.6 is 11.8 Å². The number of carbonyl (C=O) groups excluding carboxylic acids is 1. The van der Waals surface area contributed by atoms with Gasteiger partial charge in [-0.2, -0.15) is 11.8 Å². The Kier molecular flexibility index (Phi) is 4.86. The van der Waals surface area contributed by atoms with Crippen molar-refractivity contribution in [1.29, 1.82) is 0 Å². The minimum absolute atomic E-state index is 0.105. The Hall–Kier alpha value is -0.710. The summed E-state index contributed by atoms with van der Waals surface area (Å²) in [6.07, 6.45) is 4.10. The second kappa shape index (κ2) is 5.76. The van der Waals surface area contributed by atoms with E-state index in [2.05, 4.69) is 11.6 Å². The zero-order valence-electron chi connectivity index (χ0n) is 10.7. The molecule has 5 heteroatoms. The molecule has 1 saturated carbocycles. The molecule has 0 spiro atoms. The molecule has 0 saturated heterocycles. The zero-order chi connectivity index (χ0) is 13.1. The number of amides is 1. The van der Waals surface area contributed by atoms with Gasteiger partial charge in [0.25, 0.3) is 0 Å². The van der Waals surface area contributed by atoms with Gasteiger partial charge in [0.05, 0.1) is 11.8 Å². The van der Waals surface area contributed by atoms with Crippen molar-refractivity contribution in [2.24, 2.45) is 17.3 Å². The molecule has 2 atom stereocenters. The first kappa shape index (κ1) is 14.4. The summed E-state index contributed by atoms with van der Waals surface area (Å²) in [6, 6.07) is 0. The zero-order valence-corrected chi connectivity index (χ0v) is 11.5. The summed E-state index contributed by atoms with van der Waals surface area (Å²) in [7, 11) is 0. The lowest BCUT2D eigenvalue weighted by atomic mass is 10.1. The number of thioether (sulfide) groups is 1. The van der Waals surface area contributed by atoms with Gasteiger partial charge in [-0.25, -0.2) is 0 Å². The number of hydrogen-bond acceptors (Lipinski definition) is 3. The molecule has 17 heavy (non-hydrogen) atoms. The molecule has 1 aliphatic carbocycles. The third-order valence-electron chi connectivity index (χ3n) is 3.45. The molecule has 1 aliphatic rings. The highest BCUT2D eigenvalue weighted by atomic mass is 32.2. The first-order valence-electron chi connectivity index (χ1n) is 5.92. The van der Waals surface area contributed by atoms with Gasteiger partial charge < -0.3 is 10.4 Å². The average molecular weight is 259 g/mol. The Morgan fingerprint density at radius 2 is 1.94 bits per heavy atom. The number of unbranched alkanes of at least 4 members (excludes halogenated alkanes) is 1. The van der Waals surface area contributed by atoms with Crippen LogP contribution in [-0.2, 0) is 9.59 Å². The van der Waals surface area contributed by atoms with E-state index < -0.39 is 17.3 Å². The van der Waals surface area contributed by atoms with E-state index >= 15 is 0 Å². The van der Waals surface area contributed by atoms with Gasteiger partial charge in [-0.15, -0.1) is 0 Å². The van der Waals surface area contributed by atoms with Crippen LogP contribution in [-0.4, -0.2) is 35.5 Å². The van der Waals surface area contributed by atoms with Gasteiger partial charge in [-0.1, -0.05) is 13.8 Å². The van der Waals surface area contributed by atoms with Gasteiger partial charge in [-0.05, 0) is 30.3 Å². The van der Waals surface area contributed by atoms with Crippen molar-refractivity contribution in [3.63, 3.8) is 0 Å². The number of rotatable bonds is 7. The van der Waals surface area contributed by atoms with Crippen LogP contribution in [0.3, 0.4) is 0 Å². The van der Waals surface area contributed by atoms with Crippen molar-refractivity contribution >= 4 is 23.6 Å². The van der Waals surface area contributed by atoms with Crippen LogP contribution in [0.5, 0.6) is 0 Å². The van der Waals surface area contributed by atoms with Crippen molar-refractivity contribution in [2.75, 3.05) is 18.6 Å². The van der Waals surface area contributed by atoms with E-state index in [1.54, 1.807) is 11.8 Å². The summed E-state index contributed by atoms with van der Waals surface area (Å²) in [5.74, 6) is -0.749. The third kappa shape index (κ3) is 3.37. The molecule has 0 aliphatic heterocycles. The fraction of sp³-hybridized carbons (Fsp3) is 0.833. The van der Waals surface area contributed by atoms with Gasteiger partial charge >= 0.3 is 5.97 Å². The van der Waals surface area contributed by atoms with Crippen molar-refractivity contribution in [3.8, 4) is 0 Å². The highest BCUT2D eigenvalue weighted by molar-refractivity contribution is 7.98. The lowest BCUT2D eigenvalue weighted by Crippen LogP contribution is -2.28. The van der Waals surface area contributed by atoms with E-state index in [4.69, 9.17) is 5.11 Å². The molecule has 1 fully saturated rings. The lowest BCUT2D eigenvalue weighted by Gasteiger charge is -2.05. The molecule has 98 valence electrons. The fourth-order valence-corrected chi connectivity index (χ4v) is 2.77. The largest absolute Gasteiger partial charge is 0.481 e. The standard InChI is InChI=1S/C12H21NO3S/c1-12(2)8(9(12)11(15)16)10(14)13-6-4-5-7-17-3/h8-9H,4-7H2,1-3H3,(H,13,14)(H,15,16)/t8-,9+/m1/s1. The molecule has 1 rings (SSSR count). The lowest BCUT2D eigenvalue weighted by molar-refractivity contribution is -0.140. The first-order valence-corrected chi connectivity index (χ1v) is 7.31. The summed E-state index contributed by atoms with van der Waals surface area (Å²) in [6.45, 7) is 4.33. The summed E-state index contributed by atoms with van der Waals surface area (Å²) in [4.78, 5) is 22.7. The molecule has 1 amide bonds. The summed E-state index contributed by atoms with van der Waals surface area (Å²) < 4.78 is 0. The number of aliphatic carboxylic acids is 1. The highest BCUT2D eigenvalue weighted by Crippen LogP contribution is 2.58. The van der Waals surface area contributed by atoms with Crippen molar-refractivity contribution in [1.82, 2.24) is 5.32 Å². The number of nitrogens with one attached hydrogen (secondary N) is 1. The van der Waals surface area contributed by atoms with E-state index in [1.807, 2.05) is 13.8 Å². The molecule has 0 radical (unpaired) electrons. The molecule has 0 aromatic carbocycles. The van der Waals surface area contributed by atoms with Crippen LogP contribution in [0.2, 0.25) is 0 Å². The fourth-order valence-electron chi connectivity index (χ4n) is 2.28. The monoisotopic (exact) mass is 259 g/mol. The number of carboxylic acids is 1. The maximum atomic E-state index is 11.8. The minimum Gasteiger partial charge on any atom is -0.481 e. The second-order valence-electron chi connectivity index (χ2n) is 5.11. The Labute approximate surface area is 107 Å². The first-order chi connectivity index (χ1) is 7.92. The molecule has 0 aromatic heterocycles. The molecular weight excluding hydrogens is 238 g/mol. The molecule has 0 aromatic rings. The van der Waals surface area contributed by atoms with Crippen LogP contribution in [0.1, 0.15) is 26.7 Å². The summed E-state index contributed by atoms with van der Waals surface area (Å²) in [5, 5.41) is 11.8. The minimum atomic E-state index is -0.863. The Morgan fingerprint density at radius 3 is 2.41 bits per heavy atom. The molecule has 2 N–H and O–H groups in total. The molecule has 0 unspecified atom stereocenters. The quantitative estimate of drug-likeness (QED) is 0.682. The van der Waals surface area contributed by atoms with Crippen molar-refractivity contribution < 1.29 is 14.7 Å². The second-order valence-corrected chi connectivity index (χ2v) is 6.09. The van der Waals surface area contributed by atoms with E-state index in [0.29, 0.717) is 6.54 Å². The van der Waals surface area contributed by atoms with Crippen molar-refractivity contribution in [2.45, 2.75) is 26.7 Å². The highest BCUT2D eigenvalue weighted by Gasteiger charge is 2.65. The predicted octanol–water partition coefficient (Wildman–Crippen LogP) is 1.60. The Morgan fingerprint density at radius 1 is 1.29 bits per heavy atom. The predicted molar refractivity (Wildman–Crippen MR) is 69.0 cm³/mol. The summed E-state index contributed by atoms with van der Waals surface area (Å²) >= 11 is 1.79. The van der Waals surface area contributed by atoms with E-state index in [9.17, 15) is 9.59 Å². The van der Waals surface area contributed by atoms with Crippen molar-refractivity contribution in [3.05, 3.63) is 0 Å². The Balaban J connectivity index is 2.28. The average Bonchev–Trinajstić information content (AvgIpc) is 2.81. The van der Waals surface area contributed by atoms with E-state index in [-0.39, 0.29) is 11.8 Å². The van der Waals surface area contributed by atoms with Gasteiger partial charge in [0.1, 0.15) is 0 Å². The van der Waals surface area contributed by atoms with Crippen LogP contribution < -0.4 is 5.32 Å². The normalized spacial score (nSPS) is 25.4. The van der Waals surface area contributed by atoms with Gasteiger partial charge in [0.2, 0.25) is 5.91 Å². The van der Waals surface area contributed by atoms with Crippen LogP contribution in [0.25, 0.3) is 0 Å². The van der Waals surface area contributed by atoms with Gasteiger partial charge in [0.15, 0.2) is 0 Å². The third-order valence-corrected chi connectivity index (χ3v) is 4.15.